The van der Waals surface area contributed by atoms with Gasteiger partial charge in [-0.3, -0.25) is 20.4 Å². The number of hydrazine groups is 1. The van der Waals surface area contributed by atoms with Gasteiger partial charge in [0.1, 0.15) is 10.6 Å². The van der Waals surface area contributed by atoms with Crippen LogP contribution < -0.4 is 15.6 Å². The Morgan fingerprint density at radius 1 is 1.00 bits per heavy atom. The van der Waals surface area contributed by atoms with Crippen molar-refractivity contribution < 1.29 is 14.3 Å². The Bertz CT molecular complexity index is 906. The van der Waals surface area contributed by atoms with Gasteiger partial charge in [-0.2, -0.15) is 0 Å². The second-order valence-corrected chi connectivity index (χ2v) is 6.55. The molecule has 5 nitrogen and oxygen atoms in total. The van der Waals surface area contributed by atoms with Crippen LogP contribution in [0.1, 0.15) is 15.2 Å². The summed E-state index contributed by atoms with van der Waals surface area (Å²) in [5.41, 5.74) is 7.64. The van der Waals surface area contributed by atoms with E-state index >= 15 is 0 Å². The number of thiophene rings is 1. The van der Waals surface area contributed by atoms with Crippen molar-refractivity contribution in [3.05, 3.63) is 76.5 Å². The first-order chi connectivity index (χ1) is 12.6. The molecule has 0 saturated heterocycles. The quantitative estimate of drug-likeness (QED) is 0.679. The van der Waals surface area contributed by atoms with Crippen molar-refractivity contribution in [2.24, 2.45) is 0 Å². The van der Waals surface area contributed by atoms with Gasteiger partial charge < -0.3 is 4.74 Å². The summed E-state index contributed by atoms with van der Waals surface area (Å²) in [5.74, 6) is -0.184. The zero-order valence-electron chi connectivity index (χ0n) is 14.2. The predicted molar refractivity (Wildman–Crippen MR) is 102 cm³/mol. The maximum Gasteiger partial charge on any atom is 0.280 e. The number of nitrogens with one attached hydrogen (secondary N) is 2. The van der Waals surface area contributed by atoms with E-state index in [0.717, 1.165) is 16.7 Å². The molecule has 132 valence electrons. The Labute approximate surface area is 155 Å². The van der Waals surface area contributed by atoms with Crippen molar-refractivity contribution in [3.8, 4) is 16.9 Å². The summed E-state index contributed by atoms with van der Waals surface area (Å²) in [6.07, 6.45) is 0. The molecule has 2 amide bonds. The van der Waals surface area contributed by atoms with Crippen LogP contribution in [0, 0.1) is 6.92 Å². The lowest BCUT2D eigenvalue weighted by atomic mass is 10.1. The lowest BCUT2D eigenvalue weighted by Gasteiger charge is -2.09. The van der Waals surface area contributed by atoms with E-state index in [1.165, 1.54) is 11.3 Å². The minimum absolute atomic E-state index is 0.181. The number of rotatable bonds is 5. The van der Waals surface area contributed by atoms with Gasteiger partial charge in [-0.05, 0) is 41.6 Å². The zero-order valence-corrected chi connectivity index (χ0v) is 15.0. The van der Waals surface area contributed by atoms with Crippen LogP contribution in [0.4, 0.5) is 0 Å². The van der Waals surface area contributed by atoms with Crippen LogP contribution in [0.5, 0.6) is 5.75 Å². The SMILES string of the molecule is Cc1cccc(OCC(=O)NNC(=O)c2sccc2-c2ccccc2)c1. The Kier molecular flexibility index (Phi) is 5.66. The molecule has 3 aromatic rings. The van der Waals surface area contributed by atoms with Crippen molar-refractivity contribution in [1.29, 1.82) is 0 Å². The summed E-state index contributed by atoms with van der Waals surface area (Å²) >= 11 is 1.32. The van der Waals surface area contributed by atoms with Crippen molar-refractivity contribution in [3.63, 3.8) is 0 Å². The van der Waals surface area contributed by atoms with Gasteiger partial charge in [-0.15, -0.1) is 11.3 Å². The zero-order chi connectivity index (χ0) is 18.4. The molecule has 0 atom stereocenters. The molecule has 0 aliphatic carbocycles. The number of aryl methyl sites for hydroxylation is 1. The Hall–Kier alpha value is -3.12. The van der Waals surface area contributed by atoms with Gasteiger partial charge in [0.25, 0.3) is 11.8 Å². The van der Waals surface area contributed by atoms with Crippen LogP contribution in [0.3, 0.4) is 0 Å². The van der Waals surface area contributed by atoms with Crippen LogP contribution in [-0.4, -0.2) is 18.4 Å². The van der Waals surface area contributed by atoms with Crippen LogP contribution in [0.25, 0.3) is 11.1 Å². The first kappa shape index (κ1) is 17.7. The third-order valence-corrected chi connectivity index (χ3v) is 4.54. The van der Waals surface area contributed by atoms with Crippen LogP contribution >= 0.6 is 11.3 Å². The summed E-state index contributed by atoms with van der Waals surface area (Å²) in [5, 5.41) is 1.85. The van der Waals surface area contributed by atoms with Gasteiger partial charge in [0.05, 0.1) is 0 Å². The lowest BCUT2D eigenvalue weighted by molar-refractivity contribution is -0.123. The van der Waals surface area contributed by atoms with Crippen molar-refractivity contribution in [2.75, 3.05) is 6.61 Å². The number of hydrogen-bond donors (Lipinski definition) is 2. The fraction of sp³-hybridized carbons (Fsp3) is 0.100. The van der Waals surface area contributed by atoms with Crippen LogP contribution in [0.15, 0.2) is 66.0 Å². The van der Waals surface area contributed by atoms with E-state index < -0.39 is 5.91 Å². The van der Waals surface area contributed by atoms with Crippen molar-refractivity contribution >= 4 is 23.2 Å². The maximum absolute atomic E-state index is 12.4. The molecule has 6 heteroatoms. The van der Waals surface area contributed by atoms with E-state index in [0.29, 0.717) is 10.6 Å². The summed E-state index contributed by atoms with van der Waals surface area (Å²) < 4.78 is 5.40. The normalized spacial score (nSPS) is 10.2. The highest BCUT2D eigenvalue weighted by Gasteiger charge is 2.15. The highest BCUT2D eigenvalue weighted by atomic mass is 32.1. The molecule has 2 aromatic carbocycles. The third kappa shape index (κ3) is 4.49. The topological polar surface area (TPSA) is 67.4 Å². The smallest absolute Gasteiger partial charge is 0.280 e. The average Bonchev–Trinajstić information content (AvgIpc) is 3.15. The number of carbonyl (C=O) groups excluding carboxylic acids is 2. The van der Waals surface area contributed by atoms with Gasteiger partial charge in [-0.25, -0.2) is 0 Å². The summed E-state index contributed by atoms with van der Waals surface area (Å²) in [4.78, 5) is 24.8. The number of hydrogen-bond acceptors (Lipinski definition) is 4. The van der Waals surface area contributed by atoms with E-state index in [9.17, 15) is 9.59 Å². The molecular formula is C20H18N2O3S. The minimum atomic E-state index is -0.433. The van der Waals surface area contributed by atoms with Gasteiger partial charge in [0, 0.05) is 5.56 Å². The van der Waals surface area contributed by atoms with Crippen molar-refractivity contribution in [1.82, 2.24) is 10.9 Å². The van der Waals surface area contributed by atoms with E-state index in [4.69, 9.17) is 4.74 Å². The fourth-order valence-corrected chi connectivity index (χ4v) is 3.21. The standard InChI is InChI=1S/C20H18N2O3S/c1-14-6-5-9-16(12-14)25-13-18(23)21-22-20(24)19-17(10-11-26-19)15-7-3-2-4-8-15/h2-12H,13H2,1H3,(H,21,23)(H,22,24). The molecule has 1 aromatic heterocycles. The molecule has 0 unspecified atom stereocenters. The first-order valence-electron chi connectivity index (χ1n) is 8.05. The number of carbonyl (C=O) groups is 2. The Morgan fingerprint density at radius 2 is 1.81 bits per heavy atom. The molecular weight excluding hydrogens is 348 g/mol. The van der Waals surface area contributed by atoms with Crippen LogP contribution in [-0.2, 0) is 4.79 Å². The summed E-state index contributed by atoms with van der Waals surface area (Å²) in [7, 11) is 0. The second-order valence-electron chi connectivity index (χ2n) is 5.64. The maximum atomic E-state index is 12.4. The fourth-order valence-electron chi connectivity index (χ4n) is 2.40. The van der Waals surface area contributed by atoms with Gasteiger partial charge in [0.15, 0.2) is 6.61 Å². The Morgan fingerprint density at radius 3 is 2.58 bits per heavy atom. The molecule has 3 rings (SSSR count). The van der Waals surface area contributed by atoms with E-state index in [-0.39, 0.29) is 12.5 Å². The summed E-state index contributed by atoms with van der Waals surface area (Å²) in [6, 6.07) is 18.9. The number of benzene rings is 2. The highest BCUT2D eigenvalue weighted by Crippen LogP contribution is 2.27. The monoisotopic (exact) mass is 366 g/mol. The van der Waals surface area contributed by atoms with Crippen LogP contribution in [0.2, 0.25) is 0 Å². The van der Waals surface area contributed by atoms with E-state index in [1.807, 2.05) is 66.9 Å². The van der Waals surface area contributed by atoms with Crippen molar-refractivity contribution in [2.45, 2.75) is 6.92 Å². The molecule has 0 aliphatic rings. The summed E-state index contributed by atoms with van der Waals surface area (Å²) in [6.45, 7) is 1.76. The molecule has 26 heavy (non-hydrogen) atoms. The first-order valence-corrected chi connectivity index (χ1v) is 8.93. The third-order valence-electron chi connectivity index (χ3n) is 3.63. The molecule has 0 spiro atoms. The predicted octanol–water partition coefficient (Wildman–Crippen LogP) is 3.56. The molecule has 2 N–H and O–H groups in total. The number of ether oxygens (including phenoxy) is 1. The largest absolute Gasteiger partial charge is 0.484 e. The van der Waals surface area contributed by atoms with E-state index in [2.05, 4.69) is 10.9 Å². The van der Waals surface area contributed by atoms with Gasteiger partial charge >= 0.3 is 0 Å². The molecule has 0 radical (unpaired) electrons. The average molecular weight is 366 g/mol. The molecule has 0 aliphatic heterocycles. The van der Waals surface area contributed by atoms with Gasteiger partial charge in [0.2, 0.25) is 0 Å². The minimum Gasteiger partial charge on any atom is -0.484 e. The molecule has 0 fully saturated rings. The molecule has 1 heterocycles. The Balaban J connectivity index is 1.54. The van der Waals surface area contributed by atoms with Gasteiger partial charge in [-0.1, -0.05) is 42.5 Å². The molecule has 0 bridgehead atoms. The lowest BCUT2D eigenvalue weighted by Crippen LogP contribution is -2.43. The number of amides is 2. The molecule has 0 saturated carbocycles. The second kappa shape index (κ2) is 8.31. The highest BCUT2D eigenvalue weighted by molar-refractivity contribution is 7.12. The van der Waals surface area contributed by atoms with E-state index in [1.54, 1.807) is 6.07 Å².